The third kappa shape index (κ3) is 1.94. The molecule has 0 atom stereocenters. The predicted molar refractivity (Wildman–Crippen MR) is 76.2 cm³/mol. The van der Waals surface area contributed by atoms with E-state index in [1.807, 2.05) is 41.1 Å². The fourth-order valence-corrected chi connectivity index (χ4v) is 2.42. The minimum atomic E-state index is 0.499. The molecule has 0 fully saturated rings. The summed E-state index contributed by atoms with van der Waals surface area (Å²) in [6, 6.07) is 12.1. The lowest BCUT2D eigenvalue weighted by molar-refractivity contribution is 1.04. The summed E-state index contributed by atoms with van der Waals surface area (Å²) in [5, 5.41) is 0. The molecule has 0 aliphatic rings. The SMILES string of the molecule is NCc1cccn2cc(-c3cccc(Br)c3)nc12. The highest BCUT2D eigenvalue weighted by Gasteiger charge is 2.07. The van der Waals surface area contributed by atoms with Gasteiger partial charge in [0.1, 0.15) is 5.65 Å². The number of rotatable bonds is 2. The number of hydrogen-bond acceptors (Lipinski definition) is 2. The number of pyridine rings is 1. The molecule has 2 N–H and O–H groups in total. The fraction of sp³-hybridized carbons (Fsp3) is 0.0714. The van der Waals surface area contributed by atoms with Gasteiger partial charge in [-0.25, -0.2) is 4.98 Å². The lowest BCUT2D eigenvalue weighted by atomic mass is 10.2. The Bertz CT molecular complexity index is 703. The molecule has 0 saturated heterocycles. The van der Waals surface area contributed by atoms with E-state index in [1.54, 1.807) is 0 Å². The maximum atomic E-state index is 5.73. The molecule has 0 amide bonds. The summed E-state index contributed by atoms with van der Waals surface area (Å²) in [4.78, 5) is 4.66. The number of nitrogens with two attached hydrogens (primary N) is 1. The van der Waals surface area contributed by atoms with E-state index in [1.165, 1.54) is 0 Å². The quantitative estimate of drug-likeness (QED) is 0.790. The molecule has 0 aliphatic carbocycles. The number of nitrogens with zero attached hydrogens (tertiary/aromatic N) is 2. The molecule has 3 nitrogen and oxygen atoms in total. The molecule has 0 saturated carbocycles. The summed E-state index contributed by atoms with van der Waals surface area (Å²) < 4.78 is 3.06. The molecule has 0 radical (unpaired) electrons. The van der Waals surface area contributed by atoms with Crippen LogP contribution in [0.4, 0.5) is 0 Å². The van der Waals surface area contributed by atoms with Gasteiger partial charge in [0.2, 0.25) is 0 Å². The average Bonchev–Trinajstić information content (AvgIpc) is 2.82. The van der Waals surface area contributed by atoms with Crippen LogP contribution < -0.4 is 5.73 Å². The summed E-state index contributed by atoms with van der Waals surface area (Å²) in [5.41, 5.74) is 9.76. The number of hydrogen-bond donors (Lipinski definition) is 1. The molecule has 1 aromatic carbocycles. The van der Waals surface area contributed by atoms with E-state index in [2.05, 4.69) is 33.0 Å². The van der Waals surface area contributed by atoms with Gasteiger partial charge in [0.15, 0.2) is 0 Å². The maximum absolute atomic E-state index is 5.73. The topological polar surface area (TPSA) is 43.3 Å². The van der Waals surface area contributed by atoms with Crippen LogP contribution >= 0.6 is 15.9 Å². The molecule has 2 heterocycles. The normalized spacial score (nSPS) is 11.0. The Morgan fingerprint density at radius 2 is 2.11 bits per heavy atom. The zero-order valence-electron chi connectivity index (χ0n) is 9.68. The highest BCUT2D eigenvalue weighted by molar-refractivity contribution is 9.10. The molecular formula is C14H12BrN3. The van der Waals surface area contributed by atoms with Crippen molar-refractivity contribution < 1.29 is 0 Å². The van der Waals surface area contributed by atoms with Gasteiger partial charge in [0.25, 0.3) is 0 Å². The van der Waals surface area contributed by atoms with E-state index in [0.717, 1.165) is 26.9 Å². The van der Waals surface area contributed by atoms with Gasteiger partial charge in [-0.05, 0) is 18.2 Å². The van der Waals surface area contributed by atoms with Crippen molar-refractivity contribution in [1.29, 1.82) is 0 Å². The van der Waals surface area contributed by atoms with E-state index >= 15 is 0 Å². The number of imidazole rings is 1. The molecular weight excluding hydrogens is 290 g/mol. The third-order valence-electron chi connectivity index (χ3n) is 2.90. The number of benzene rings is 1. The third-order valence-corrected chi connectivity index (χ3v) is 3.40. The molecule has 0 unspecified atom stereocenters. The van der Waals surface area contributed by atoms with Gasteiger partial charge >= 0.3 is 0 Å². The molecule has 0 bridgehead atoms. The summed E-state index contributed by atoms with van der Waals surface area (Å²) in [6.45, 7) is 0.499. The lowest BCUT2D eigenvalue weighted by Crippen LogP contribution is -1.99. The molecule has 0 spiro atoms. The highest BCUT2D eigenvalue weighted by Crippen LogP contribution is 2.23. The number of halogens is 1. The van der Waals surface area contributed by atoms with E-state index in [4.69, 9.17) is 5.73 Å². The van der Waals surface area contributed by atoms with E-state index in [-0.39, 0.29) is 0 Å². The minimum absolute atomic E-state index is 0.499. The van der Waals surface area contributed by atoms with Crippen molar-refractivity contribution in [2.75, 3.05) is 0 Å². The molecule has 2 aromatic heterocycles. The van der Waals surface area contributed by atoms with Gasteiger partial charge in [0, 0.05) is 34.5 Å². The van der Waals surface area contributed by atoms with E-state index in [0.29, 0.717) is 6.54 Å². The summed E-state index contributed by atoms with van der Waals surface area (Å²) in [5.74, 6) is 0. The van der Waals surface area contributed by atoms with Gasteiger partial charge in [-0.2, -0.15) is 0 Å². The van der Waals surface area contributed by atoms with Gasteiger partial charge in [-0.1, -0.05) is 34.1 Å². The van der Waals surface area contributed by atoms with Crippen LogP contribution in [0.3, 0.4) is 0 Å². The molecule has 4 heteroatoms. The largest absolute Gasteiger partial charge is 0.326 e. The van der Waals surface area contributed by atoms with Crippen LogP contribution in [0.25, 0.3) is 16.9 Å². The van der Waals surface area contributed by atoms with Crippen LogP contribution in [0.15, 0.2) is 53.3 Å². The Morgan fingerprint density at radius 3 is 2.89 bits per heavy atom. The molecule has 3 aromatic rings. The Balaban J connectivity index is 2.19. The highest BCUT2D eigenvalue weighted by atomic mass is 79.9. The predicted octanol–water partition coefficient (Wildman–Crippen LogP) is 3.22. The van der Waals surface area contributed by atoms with Crippen molar-refractivity contribution in [1.82, 2.24) is 9.38 Å². The second-order valence-corrected chi connectivity index (χ2v) is 5.02. The lowest BCUT2D eigenvalue weighted by Gasteiger charge is -1.98. The summed E-state index contributed by atoms with van der Waals surface area (Å²) in [7, 11) is 0. The number of fused-ring (bicyclic) bond motifs is 1. The molecule has 18 heavy (non-hydrogen) atoms. The van der Waals surface area contributed by atoms with Gasteiger partial charge in [-0.3, -0.25) is 0 Å². The molecule has 3 rings (SSSR count). The fourth-order valence-electron chi connectivity index (χ4n) is 2.02. The monoisotopic (exact) mass is 301 g/mol. The van der Waals surface area contributed by atoms with Crippen molar-refractivity contribution in [2.45, 2.75) is 6.54 Å². The first-order valence-electron chi connectivity index (χ1n) is 5.70. The van der Waals surface area contributed by atoms with Crippen LogP contribution in [0.5, 0.6) is 0 Å². The molecule has 0 aliphatic heterocycles. The second-order valence-electron chi connectivity index (χ2n) is 4.10. The van der Waals surface area contributed by atoms with Crippen LogP contribution in [0.2, 0.25) is 0 Å². The number of aromatic nitrogens is 2. The standard InChI is InChI=1S/C14H12BrN3/c15-12-5-1-3-10(7-12)13-9-18-6-2-4-11(8-16)14(18)17-13/h1-7,9H,8,16H2. The van der Waals surface area contributed by atoms with Gasteiger partial charge < -0.3 is 10.1 Å². The van der Waals surface area contributed by atoms with Crippen molar-refractivity contribution in [3.8, 4) is 11.3 Å². The van der Waals surface area contributed by atoms with Crippen LogP contribution in [-0.4, -0.2) is 9.38 Å². The smallest absolute Gasteiger partial charge is 0.141 e. The minimum Gasteiger partial charge on any atom is -0.326 e. The molecule has 90 valence electrons. The Labute approximate surface area is 113 Å². The zero-order valence-corrected chi connectivity index (χ0v) is 11.3. The Morgan fingerprint density at radius 1 is 1.22 bits per heavy atom. The summed E-state index contributed by atoms with van der Waals surface area (Å²) in [6.07, 6.45) is 4.01. The van der Waals surface area contributed by atoms with Crippen molar-refractivity contribution >= 4 is 21.6 Å². The van der Waals surface area contributed by atoms with Crippen molar-refractivity contribution in [3.05, 3.63) is 58.8 Å². The van der Waals surface area contributed by atoms with Gasteiger partial charge in [0.05, 0.1) is 5.69 Å². The summed E-state index contributed by atoms with van der Waals surface area (Å²) >= 11 is 3.48. The van der Waals surface area contributed by atoms with E-state index < -0.39 is 0 Å². The second kappa shape index (κ2) is 4.55. The van der Waals surface area contributed by atoms with Crippen LogP contribution in [-0.2, 0) is 6.54 Å². The Kier molecular flexibility index (Phi) is 2.89. The zero-order chi connectivity index (χ0) is 12.5. The first-order valence-corrected chi connectivity index (χ1v) is 6.50. The Hall–Kier alpha value is -1.65. The van der Waals surface area contributed by atoms with Crippen molar-refractivity contribution in [2.24, 2.45) is 5.73 Å². The van der Waals surface area contributed by atoms with Crippen molar-refractivity contribution in [3.63, 3.8) is 0 Å². The first-order chi connectivity index (χ1) is 8.78. The van der Waals surface area contributed by atoms with Gasteiger partial charge in [-0.15, -0.1) is 0 Å². The van der Waals surface area contributed by atoms with Crippen LogP contribution in [0.1, 0.15) is 5.56 Å². The van der Waals surface area contributed by atoms with E-state index in [9.17, 15) is 0 Å². The van der Waals surface area contributed by atoms with Crippen LogP contribution in [0, 0.1) is 0 Å². The maximum Gasteiger partial charge on any atom is 0.141 e. The first kappa shape index (κ1) is 11.4. The average molecular weight is 302 g/mol.